The van der Waals surface area contributed by atoms with E-state index in [1.54, 1.807) is 18.2 Å². The smallest absolute Gasteiger partial charge is 0.335 e. The molecule has 3 rings (SSSR count). The van der Waals surface area contributed by atoms with Crippen LogP contribution in [0.15, 0.2) is 57.8 Å². The summed E-state index contributed by atoms with van der Waals surface area (Å²) in [7, 11) is 0. The van der Waals surface area contributed by atoms with Gasteiger partial charge in [0, 0.05) is 4.47 Å². The lowest BCUT2D eigenvalue weighted by molar-refractivity contribution is 0.0697. The monoisotopic (exact) mass is 384 g/mol. The Balaban J connectivity index is 2.10. The third kappa shape index (κ3) is 3.09. The molecule has 0 bridgehead atoms. The van der Waals surface area contributed by atoms with E-state index in [4.69, 9.17) is 5.11 Å². The lowest BCUT2D eigenvalue weighted by atomic mass is 10.2. The molecule has 1 heterocycles. The van der Waals surface area contributed by atoms with Gasteiger partial charge in [-0.3, -0.25) is 9.89 Å². The number of aromatic amines is 1. The number of hydrogen-bond acceptors (Lipinski definition) is 2. The van der Waals surface area contributed by atoms with Gasteiger partial charge in [-0.05, 0) is 48.0 Å². The van der Waals surface area contributed by atoms with Crippen molar-refractivity contribution in [2.75, 3.05) is 0 Å². The van der Waals surface area contributed by atoms with E-state index in [2.05, 4.69) is 27.6 Å². The highest BCUT2D eigenvalue weighted by Crippen LogP contribution is 2.10. The number of nitrogens with one attached hydrogen (secondary N) is 1. The third-order valence-corrected chi connectivity index (χ3v) is 4.09. The number of benzene rings is 2. The average Bonchev–Trinajstić information content (AvgIpc) is 2.85. The van der Waals surface area contributed by atoms with E-state index >= 15 is 0 Å². The quantitative estimate of drug-likeness (QED) is 0.723. The molecule has 0 spiro atoms. The Morgan fingerprint density at radius 3 is 2.33 bits per heavy atom. The zero-order chi connectivity index (χ0) is 17.3. The Kier molecular flexibility index (Phi) is 4.22. The Labute approximate surface area is 145 Å². The second-order valence-electron chi connectivity index (χ2n) is 5.19. The van der Waals surface area contributed by atoms with Gasteiger partial charge in [-0.15, -0.1) is 0 Å². The van der Waals surface area contributed by atoms with E-state index in [-0.39, 0.29) is 11.1 Å². The summed E-state index contributed by atoms with van der Waals surface area (Å²) in [4.78, 5) is 23.5. The van der Waals surface area contributed by atoms with Crippen molar-refractivity contribution in [1.29, 1.82) is 0 Å². The van der Waals surface area contributed by atoms with Crippen LogP contribution in [0.4, 0.5) is 0 Å². The summed E-state index contributed by atoms with van der Waals surface area (Å²) in [6, 6.07) is 13.6. The third-order valence-electron chi connectivity index (χ3n) is 3.56. The van der Waals surface area contributed by atoms with Crippen molar-refractivity contribution in [1.82, 2.24) is 9.78 Å². The van der Waals surface area contributed by atoms with Crippen LogP contribution in [-0.4, -0.2) is 20.9 Å². The first kappa shape index (κ1) is 16.0. The minimum atomic E-state index is -1.01. The molecule has 24 heavy (non-hydrogen) atoms. The van der Waals surface area contributed by atoms with E-state index in [1.807, 2.05) is 24.3 Å². The van der Waals surface area contributed by atoms with Crippen molar-refractivity contribution in [2.45, 2.75) is 0 Å². The van der Waals surface area contributed by atoms with Crippen LogP contribution in [0.1, 0.15) is 15.9 Å². The molecule has 0 amide bonds. The highest BCUT2D eigenvalue weighted by molar-refractivity contribution is 9.10. The molecule has 0 aliphatic carbocycles. The first-order chi connectivity index (χ1) is 11.5. The SMILES string of the molecule is C=c1[nH]n(-c2ccc(C(=O)O)cc2)c(=O)/c1=C\c1ccc(Br)cc1. The zero-order valence-corrected chi connectivity index (χ0v) is 14.1. The summed E-state index contributed by atoms with van der Waals surface area (Å²) in [6.07, 6.45) is 1.76. The van der Waals surface area contributed by atoms with Crippen LogP contribution in [0.2, 0.25) is 0 Å². The Hall–Kier alpha value is -2.86. The normalized spacial score (nSPS) is 11.6. The van der Waals surface area contributed by atoms with E-state index in [9.17, 15) is 9.59 Å². The first-order valence-corrected chi connectivity index (χ1v) is 7.86. The number of halogens is 1. The molecule has 0 aliphatic rings. The number of rotatable bonds is 3. The minimum Gasteiger partial charge on any atom is -0.478 e. The summed E-state index contributed by atoms with van der Waals surface area (Å²) < 4.78 is 2.30. The summed E-state index contributed by atoms with van der Waals surface area (Å²) in [5, 5.41) is 12.8. The fraction of sp³-hybridized carbons (Fsp3) is 0. The maximum Gasteiger partial charge on any atom is 0.335 e. The molecule has 3 aromatic rings. The second-order valence-corrected chi connectivity index (χ2v) is 6.11. The molecule has 0 fully saturated rings. The van der Waals surface area contributed by atoms with Gasteiger partial charge in [0.2, 0.25) is 0 Å². The van der Waals surface area contributed by atoms with Gasteiger partial charge in [0.25, 0.3) is 5.56 Å². The van der Waals surface area contributed by atoms with Crippen LogP contribution in [0.25, 0.3) is 18.3 Å². The molecule has 2 N–H and O–H groups in total. The predicted molar refractivity (Wildman–Crippen MR) is 95.8 cm³/mol. The van der Waals surface area contributed by atoms with E-state index in [0.29, 0.717) is 16.3 Å². The number of carbonyl (C=O) groups is 1. The lowest BCUT2D eigenvalue weighted by Gasteiger charge is -2.01. The lowest BCUT2D eigenvalue weighted by Crippen LogP contribution is -2.33. The fourth-order valence-corrected chi connectivity index (χ4v) is 2.57. The Morgan fingerprint density at radius 1 is 1.12 bits per heavy atom. The summed E-state index contributed by atoms with van der Waals surface area (Å²) in [5.74, 6) is -1.01. The molecule has 6 heteroatoms. The van der Waals surface area contributed by atoms with Crippen molar-refractivity contribution in [3.8, 4) is 5.69 Å². The highest BCUT2D eigenvalue weighted by Gasteiger charge is 2.07. The summed E-state index contributed by atoms with van der Waals surface area (Å²) in [5.41, 5.74) is 1.35. The number of carboxylic acid groups (broad SMARTS) is 1. The van der Waals surface area contributed by atoms with E-state index < -0.39 is 5.97 Å². The molecular weight excluding hydrogens is 372 g/mol. The zero-order valence-electron chi connectivity index (χ0n) is 12.5. The number of carboxylic acids is 1. The van der Waals surface area contributed by atoms with Crippen LogP contribution in [0, 0.1) is 0 Å². The molecule has 0 atom stereocenters. The molecule has 0 saturated carbocycles. The molecule has 120 valence electrons. The van der Waals surface area contributed by atoms with Gasteiger partial charge < -0.3 is 5.11 Å². The van der Waals surface area contributed by atoms with Gasteiger partial charge in [-0.25, -0.2) is 9.48 Å². The fourth-order valence-electron chi connectivity index (χ4n) is 2.30. The largest absolute Gasteiger partial charge is 0.478 e. The Morgan fingerprint density at radius 2 is 1.75 bits per heavy atom. The van der Waals surface area contributed by atoms with Crippen LogP contribution < -0.4 is 16.1 Å². The second kappa shape index (κ2) is 6.33. The topological polar surface area (TPSA) is 75.1 Å². The van der Waals surface area contributed by atoms with Crippen LogP contribution >= 0.6 is 15.9 Å². The number of nitrogens with zero attached hydrogens (tertiary/aromatic N) is 1. The molecular formula is C18H13BrN2O3. The van der Waals surface area contributed by atoms with Gasteiger partial charge in [0.15, 0.2) is 0 Å². The molecule has 0 aliphatic heterocycles. The predicted octanol–water partition coefficient (Wildman–Crippen LogP) is 1.87. The minimum absolute atomic E-state index is 0.162. The van der Waals surface area contributed by atoms with Gasteiger partial charge in [0.05, 0.1) is 21.8 Å². The molecule has 2 aromatic carbocycles. The molecule has 1 aromatic heterocycles. The first-order valence-electron chi connectivity index (χ1n) is 7.07. The molecule has 0 saturated heterocycles. The highest BCUT2D eigenvalue weighted by atomic mass is 79.9. The maximum atomic E-state index is 12.6. The number of aromatic carboxylic acids is 1. The van der Waals surface area contributed by atoms with Crippen molar-refractivity contribution in [2.24, 2.45) is 0 Å². The molecule has 0 unspecified atom stereocenters. The van der Waals surface area contributed by atoms with Gasteiger partial charge >= 0.3 is 5.97 Å². The number of H-pyrrole nitrogens is 1. The average molecular weight is 385 g/mol. The van der Waals surface area contributed by atoms with Gasteiger partial charge in [0.1, 0.15) is 0 Å². The maximum absolute atomic E-state index is 12.6. The van der Waals surface area contributed by atoms with Crippen molar-refractivity contribution >= 4 is 34.6 Å². The van der Waals surface area contributed by atoms with E-state index in [1.165, 1.54) is 16.8 Å². The van der Waals surface area contributed by atoms with E-state index in [0.717, 1.165) is 10.0 Å². The van der Waals surface area contributed by atoms with Crippen LogP contribution in [0.3, 0.4) is 0 Å². The van der Waals surface area contributed by atoms with Crippen LogP contribution in [-0.2, 0) is 0 Å². The van der Waals surface area contributed by atoms with Crippen molar-refractivity contribution < 1.29 is 9.90 Å². The van der Waals surface area contributed by atoms with Gasteiger partial charge in [-0.2, -0.15) is 0 Å². The standard InChI is InChI=1S/C18H13BrN2O3/c1-11-16(10-12-2-6-14(19)7-3-12)17(22)21(20-11)15-8-4-13(5-9-15)18(23)24/h2-10,20H,1H2,(H,23,24)/b16-10-. The van der Waals surface area contributed by atoms with Crippen molar-refractivity contribution in [3.63, 3.8) is 0 Å². The molecule has 5 nitrogen and oxygen atoms in total. The van der Waals surface area contributed by atoms with Crippen LogP contribution in [0.5, 0.6) is 0 Å². The Bertz CT molecular complexity index is 1060. The molecule has 0 radical (unpaired) electrons. The summed E-state index contributed by atoms with van der Waals surface area (Å²) in [6.45, 7) is 3.88. The summed E-state index contributed by atoms with van der Waals surface area (Å²) >= 11 is 3.37. The number of aromatic nitrogens is 2. The van der Waals surface area contributed by atoms with Crippen molar-refractivity contribution in [3.05, 3.63) is 85.1 Å². The number of hydrogen-bond donors (Lipinski definition) is 2. The van der Waals surface area contributed by atoms with Gasteiger partial charge in [-0.1, -0.05) is 34.6 Å².